The number of nitrogens with zero attached hydrogens (tertiary/aromatic N) is 1. The summed E-state index contributed by atoms with van der Waals surface area (Å²) >= 11 is -0.351. The fraction of sp³-hybridized carbons (Fsp3) is 0.250. The third-order valence-electron chi connectivity index (χ3n) is 4.08. The van der Waals surface area contributed by atoms with E-state index in [0.717, 1.165) is 21.0 Å². The summed E-state index contributed by atoms with van der Waals surface area (Å²) in [5.74, 6) is -0.697. The average Bonchev–Trinajstić information content (AvgIpc) is 3.07. The first-order valence-corrected chi connectivity index (χ1v) is 10.7. The summed E-state index contributed by atoms with van der Waals surface area (Å²) in [5.41, 5.74) is 2.07. The van der Waals surface area contributed by atoms with Gasteiger partial charge in [0.2, 0.25) is 0 Å². The van der Waals surface area contributed by atoms with Crippen molar-refractivity contribution in [1.82, 2.24) is 4.98 Å². The van der Waals surface area contributed by atoms with Gasteiger partial charge in [0.25, 0.3) is 0 Å². The lowest BCUT2D eigenvalue weighted by Crippen LogP contribution is -2.01. The van der Waals surface area contributed by atoms with Crippen LogP contribution in [0.2, 0.25) is 0 Å². The second-order valence-electron chi connectivity index (χ2n) is 6.26. The van der Waals surface area contributed by atoms with Gasteiger partial charge in [0.05, 0.1) is 0 Å². The molecule has 0 aliphatic carbocycles. The molecule has 3 rings (SSSR count). The lowest BCUT2D eigenvalue weighted by molar-refractivity contribution is 0.290. The topological polar surface area (TPSA) is 59.4 Å². The standard InChI is InChI=1S/C20H19F2NO3S2/c1-13-11-23-20(27-13)17-6-5-16(21)10-15(17)12-26-19-7-4-14(9-18(19)22)3-2-8-28(24)25/h4-7,9-11H,2-3,8,12H2,1H3,(H,24,25). The van der Waals surface area contributed by atoms with Gasteiger partial charge in [-0.25, -0.2) is 18.0 Å². The van der Waals surface area contributed by atoms with Gasteiger partial charge in [-0.15, -0.1) is 11.3 Å². The summed E-state index contributed by atoms with van der Waals surface area (Å²) in [6, 6.07) is 8.98. The number of thiazole rings is 1. The molecule has 1 unspecified atom stereocenters. The minimum atomic E-state index is -1.85. The number of halogens is 2. The highest BCUT2D eigenvalue weighted by molar-refractivity contribution is 7.79. The van der Waals surface area contributed by atoms with E-state index in [4.69, 9.17) is 9.29 Å². The van der Waals surface area contributed by atoms with Crippen molar-refractivity contribution < 1.29 is 22.3 Å². The first-order chi connectivity index (χ1) is 13.4. The molecule has 0 aliphatic rings. The minimum Gasteiger partial charge on any atom is -0.486 e. The molecule has 4 nitrogen and oxygen atoms in total. The number of aromatic nitrogens is 1. The lowest BCUT2D eigenvalue weighted by atomic mass is 10.1. The third kappa shape index (κ3) is 5.43. The van der Waals surface area contributed by atoms with Crippen LogP contribution in [0.5, 0.6) is 5.75 Å². The van der Waals surface area contributed by atoms with Crippen molar-refractivity contribution in [3.05, 3.63) is 70.2 Å². The van der Waals surface area contributed by atoms with Gasteiger partial charge in [-0.2, -0.15) is 0 Å². The Morgan fingerprint density at radius 1 is 1.21 bits per heavy atom. The van der Waals surface area contributed by atoms with Crippen molar-refractivity contribution in [3.8, 4) is 16.3 Å². The van der Waals surface area contributed by atoms with Crippen LogP contribution in [0.4, 0.5) is 8.78 Å². The van der Waals surface area contributed by atoms with Crippen LogP contribution in [0.1, 0.15) is 22.4 Å². The van der Waals surface area contributed by atoms with Crippen LogP contribution in [-0.2, 0) is 24.1 Å². The quantitative estimate of drug-likeness (QED) is 0.510. The Bertz CT molecular complexity index is 991. The molecule has 1 atom stereocenters. The Labute approximate surface area is 168 Å². The first kappa shape index (κ1) is 20.6. The highest BCUT2D eigenvalue weighted by Gasteiger charge is 2.12. The molecule has 8 heteroatoms. The molecule has 0 aliphatic heterocycles. The van der Waals surface area contributed by atoms with E-state index in [2.05, 4.69) is 4.98 Å². The van der Waals surface area contributed by atoms with Crippen LogP contribution in [0.15, 0.2) is 42.6 Å². The highest BCUT2D eigenvalue weighted by Crippen LogP contribution is 2.30. The van der Waals surface area contributed by atoms with Crippen LogP contribution in [0.3, 0.4) is 0 Å². The molecule has 1 N–H and O–H groups in total. The number of ether oxygens (including phenoxy) is 1. The number of hydrogen-bond acceptors (Lipinski definition) is 4. The summed E-state index contributed by atoms with van der Waals surface area (Å²) in [6.45, 7) is 1.95. The summed E-state index contributed by atoms with van der Waals surface area (Å²) in [4.78, 5) is 5.37. The van der Waals surface area contributed by atoms with E-state index in [0.29, 0.717) is 18.4 Å². The largest absolute Gasteiger partial charge is 0.486 e. The van der Waals surface area contributed by atoms with Crippen molar-refractivity contribution in [2.45, 2.75) is 26.4 Å². The zero-order valence-corrected chi connectivity index (χ0v) is 16.8. The van der Waals surface area contributed by atoms with Gasteiger partial charge in [0, 0.05) is 28.0 Å². The van der Waals surface area contributed by atoms with Crippen LogP contribution in [0.25, 0.3) is 10.6 Å². The zero-order chi connectivity index (χ0) is 20.1. The molecule has 0 radical (unpaired) electrons. The van der Waals surface area contributed by atoms with Crippen LogP contribution < -0.4 is 4.74 Å². The predicted molar refractivity (Wildman–Crippen MR) is 107 cm³/mol. The molecule has 28 heavy (non-hydrogen) atoms. The molecule has 3 aromatic rings. The van der Waals surface area contributed by atoms with E-state index in [1.807, 2.05) is 6.92 Å². The van der Waals surface area contributed by atoms with E-state index < -0.39 is 22.7 Å². The monoisotopic (exact) mass is 423 g/mol. The number of rotatable bonds is 8. The minimum absolute atomic E-state index is 0.00544. The number of aryl methyl sites for hydroxylation is 2. The lowest BCUT2D eigenvalue weighted by Gasteiger charge is -2.11. The molecule has 0 bridgehead atoms. The maximum atomic E-state index is 14.3. The van der Waals surface area contributed by atoms with E-state index in [1.54, 1.807) is 18.3 Å². The van der Waals surface area contributed by atoms with Crippen molar-refractivity contribution in [3.63, 3.8) is 0 Å². The van der Waals surface area contributed by atoms with E-state index in [1.165, 1.54) is 35.6 Å². The van der Waals surface area contributed by atoms with Gasteiger partial charge in [0.1, 0.15) is 17.4 Å². The van der Waals surface area contributed by atoms with Gasteiger partial charge < -0.3 is 9.29 Å². The molecule has 1 aromatic heterocycles. The van der Waals surface area contributed by atoms with Crippen molar-refractivity contribution >= 4 is 22.4 Å². The smallest absolute Gasteiger partial charge is 0.165 e. The Kier molecular flexibility index (Phi) is 6.88. The predicted octanol–water partition coefficient (Wildman–Crippen LogP) is 5.13. The molecule has 0 fully saturated rings. The second-order valence-corrected chi connectivity index (χ2v) is 8.55. The fourth-order valence-electron chi connectivity index (χ4n) is 2.74. The summed E-state index contributed by atoms with van der Waals surface area (Å²) in [7, 11) is 0. The number of hydrogen-bond donors (Lipinski definition) is 1. The Morgan fingerprint density at radius 2 is 2.04 bits per heavy atom. The van der Waals surface area contributed by atoms with E-state index in [-0.39, 0.29) is 18.1 Å². The third-order valence-corrected chi connectivity index (χ3v) is 5.67. The van der Waals surface area contributed by atoms with Gasteiger partial charge in [-0.05, 0) is 55.7 Å². The maximum Gasteiger partial charge on any atom is 0.165 e. The van der Waals surface area contributed by atoms with Crippen LogP contribution >= 0.6 is 11.3 Å². The molecule has 1 heterocycles. The van der Waals surface area contributed by atoms with Crippen LogP contribution in [0, 0.1) is 18.6 Å². The van der Waals surface area contributed by atoms with E-state index in [9.17, 15) is 13.0 Å². The molecule has 0 spiro atoms. The fourth-order valence-corrected chi connectivity index (χ4v) is 3.96. The van der Waals surface area contributed by atoms with Crippen LogP contribution in [-0.4, -0.2) is 19.5 Å². The highest BCUT2D eigenvalue weighted by atomic mass is 32.2. The van der Waals surface area contributed by atoms with E-state index >= 15 is 0 Å². The second kappa shape index (κ2) is 9.36. The Hall–Kier alpha value is -2.16. The molecule has 148 valence electrons. The van der Waals surface area contributed by atoms with Crippen molar-refractivity contribution in [2.24, 2.45) is 0 Å². The van der Waals surface area contributed by atoms with Gasteiger partial charge in [-0.1, -0.05) is 6.07 Å². The molecule has 0 amide bonds. The number of benzene rings is 2. The zero-order valence-electron chi connectivity index (χ0n) is 15.2. The molecule has 2 aromatic carbocycles. The Balaban J connectivity index is 1.72. The van der Waals surface area contributed by atoms with Gasteiger partial charge in [0.15, 0.2) is 22.6 Å². The Morgan fingerprint density at radius 3 is 2.71 bits per heavy atom. The normalized spacial score (nSPS) is 12.1. The molecule has 0 saturated heterocycles. The van der Waals surface area contributed by atoms with Gasteiger partial charge in [-0.3, -0.25) is 0 Å². The molecular weight excluding hydrogens is 404 g/mol. The summed E-state index contributed by atoms with van der Waals surface area (Å²) in [5, 5.41) is 0.758. The molecule has 0 saturated carbocycles. The molecular formula is C20H19F2NO3S2. The summed E-state index contributed by atoms with van der Waals surface area (Å²) < 4.78 is 53.1. The average molecular weight is 424 g/mol. The van der Waals surface area contributed by atoms with Gasteiger partial charge >= 0.3 is 0 Å². The summed E-state index contributed by atoms with van der Waals surface area (Å²) in [6.07, 6.45) is 2.74. The van der Waals surface area contributed by atoms with Crippen molar-refractivity contribution in [1.29, 1.82) is 0 Å². The SMILES string of the molecule is Cc1cnc(-c2ccc(F)cc2COc2ccc(CCCS(=O)O)cc2F)s1. The maximum absolute atomic E-state index is 14.3. The van der Waals surface area contributed by atoms with Crippen molar-refractivity contribution in [2.75, 3.05) is 5.75 Å². The first-order valence-electron chi connectivity index (χ1n) is 8.62.